The van der Waals surface area contributed by atoms with Crippen LogP contribution in [-0.2, 0) is 9.53 Å². The van der Waals surface area contributed by atoms with Crippen LogP contribution in [0.1, 0.15) is 73.6 Å². The Bertz CT molecular complexity index is 330. The van der Waals surface area contributed by atoms with Gasteiger partial charge in [-0.3, -0.25) is 4.79 Å². The van der Waals surface area contributed by atoms with Crippen LogP contribution in [0.3, 0.4) is 0 Å². The van der Waals surface area contributed by atoms with Gasteiger partial charge in [0.05, 0.1) is 0 Å². The molecule has 0 aromatic heterocycles. The molecule has 1 saturated carbocycles. The van der Waals surface area contributed by atoms with Crippen LogP contribution in [0.4, 0.5) is 0 Å². The second-order valence-corrected chi connectivity index (χ2v) is 8.07. The first-order chi connectivity index (χ1) is 9.05. The van der Waals surface area contributed by atoms with Crippen LogP contribution in [0.5, 0.6) is 0 Å². The van der Waals surface area contributed by atoms with Gasteiger partial charge in [0.25, 0.3) is 0 Å². The van der Waals surface area contributed by atoms with Crippen molar-refractivity contribution in [3.63, 3.8) is 0 Å². The maximum absolute atomic E-state index is 12.0. The van der Waals surface area contributed by atoms with Gasteiger partial charge in [-0.05, 0) is 57.3 Å². The average Bonchev–Trinajstić information content (AvgIpc) is 2.29. The average molecular weight is 283 g/mol. The van der Waals surface area contributed by atoms with Gasteiger partial charge in [0.2, 0.25) is 0 Å². The van der Waals surface area contributed by atoms with E-state index in [1.54, 1.807) is 0 Å². The van der Waals surface area contributed by atoms with Crippen LogP contribution < -0.4 is 5.73 Å². The van der Waals surface area contributed by atoms with Crippen molar-refractivity contribution in [1.82, 2.24) is 0 Å². The van der Waals surface area contributed by atoms with E-state index < -0.39 is 5.60 Å². The van der Waals surface area contributed by atoms with Crippen LogP contribution in [0.2, 0.25) is 0 Å². The molecule has 0 saturated heterocycles. The lowest BCUT2D eigenvalue weighted by Gasteiger charge is -2.42. The monoisotopic (exact) mass is 283 g/mol. The van der Waals surface area contributed by atoms with E-state index in [4.69, 9.17) is 10.5 Å². The van der Waals surface area contributed by atoms with E-state index in [1.807, 2.05) is 20.8 Å². The van der Waals surface area contributed by atoms with Crippen LogP contribution in [0.25, 0.3) is 0 Å². The Morgan fingerprint density at radius 3 is 2.30 bits per heavy atom. The Kier molecular flexibility index (Phi) is 5.65. The summed E-state index contributed by atoms with van der Waals surface area (Å²) in [6.45, 7) is 12.6. The summed E-state index contributed by atoms with van der Waals surface area (Å²) in [5.41, 5.74) is 6.16. The van der Waals surface area contributed by atoms with E-state index in [1.165, 1.54) is 12.8 Å². The summed E-state index contributed by atoms with van der Waals surface area (Å²) in [4.78, 5) is 12.0. The maximum atomic E-state index is 12.0. The summed E-state index contributed by atoms with van der Waals surface area (Å²) in [5, 5.41) is 0. The summed E-state index contributed by atoms with van der Waals surface area (Å²) >= 11 is 0. The first kappa shape index (κ1) is 17.5. The van der Waals surface area contributed by atoms with Crippen LogP contribution in [0.15, 0.2) is 0 Å². The molecule has 3 unspecified atom stereocenters. The fourth-order valence-corrected chi connectivity index (χ4v) is 3.12. The van der Waals surface area contributed by atoms with E-state index in [9.17, 15) is 4.79 Å². The third-order valence-corrected chi connectivity index (χ3v) is 4.91. The topological polar surface area (TPSA) is 52.3 Å². The lowest BCUT2D eigenvalue weighted by atomic mass is 9.65. The number of hydrogen-bond donors (Lipinski definition) is 1. The Hall–Kier alpha value is -0.570. The lowest BCUT2D eigenvalue weighted by molar-refractivity contribution is -0.156. The molecule has 0 amide bonds. The molecule has 0 heterocycles. The van der Waals surface area contributed by atoms with Crippen molar-refractivity contribution in [1.29, 1.82) is 0 Å². The summed E-state index contributed by atoms with van der Waals surface area (Å²) in [5.74, 6) is 0.835. The van der Waals surface area contributed by atoms with E-state index in [2.05, 4.69) is 20.8 Å². The van der Waals surface area contributed by atoms with Gasteiger partial charge in [-0.15, -0.1) is 0 Å². The molecule has 3 heteroatoms. The number of ether oxygens (including phenoxy) is 1. The molecule has 0 aromatic carbocycles. The Morgan fingerprint density at radius 2 is 1.80 bits per heavy atom. The second-order valence-electron chi connectivity index (χ2n) is 8.07. The van der Waals surface area contributed by atoms with Gasteiger partial charge in [-0.2, -0.15) is 0 Å². The molecule has 3 atom stereocenters. The predicted octanol–water partition coefficient (Wildman–Crippen LogP) is 3.90. The highest BCUT2D eigenvalue weighted by Crippen LogP contribution is 2.43. The second kappa shape index (κ2) is 6.46. The van der Waals surface area contributed by atoms with E-state index in [-0.39, 0.29) is 17.9 Å². The van der Waals surface area contributed by atoms with Gasteiger partial charge < -0.3 is 10.5 Å². The highest BCUT2D eigenvalue weighted by atomic mass is 16.6. The quantitative estimate of drug-likeness (QED) is 0.796. The molecule has 3 nitrogen and oxygen atoms in total. The molecule has 0 spiro atoms. The fourth-order valence-electron chi connectivity index (χ4n) is 3.12. The van der Waals surface area contributed by atoms with Crippen molar-refractivity contribution < 1.29 is 9.53 Å². The molecular weight excluding hydrogens is 250 g/mol. The molecule has 1 rings (SSSR count). The highest BCUT2D eigenvalue weighted by Gasteiger charge is 2.37. The van der Waals surface area contributed by atoms with Crippen LogP contribution in [0, 0.1) is 17.3 Å². The van der Waals surface area contributed by atoms with Crippen molar-refractivity contribution in [2.24, 2.45) is 23.0 Å². The molecule has 0 radical (unpaired) electrons. The number of carbonyl (C=O) groups excluding carboxylic acids is 1. The number of hydrogen-bond acceptors (Lipinski definition) is 3. The lowest BCUT2D eigenvalue weighted by Crippen LogP contribution is -2.41. The minimum absolute atomic E-state index is 0.104. The molecule has 0 bridgehead atoms. The zero-order valence-corrected chi connectivity index (χ0v) is 14.2. The van der Waals surface area contributed by atoms with Gasteiger partial charge in [-0.25, -0.2) is 0 Å². The van der Waals surface area contributed by atoms with Gasteiger partial charge in [0.15, 0.2) is 0 Å². The van der Waals surface area contributed by atoms with Crippen molar-refractivity contribution in [3.05, 3.63) is 0 Å². The zero-order chi connectivity index (χ0) is 15.6. The van der Waals surface area contributed by atoms with Crippen molar-refractivity contribution >= 4 is 5.97 Å². The minimum atomic E-state index is -0.405. The summed E-state index contributed by atoms with van der Waals surface area (Å²) in [7, 11) is 0. The standard InChI is InChI=1S/C17H33NO2/c1-7-17(5,6)13-8-9-14(18)12(10-13)11-15(19)20-16(2,3)4/h12-14H,7-11,18H2,1-6H3. The van der Waals surface area contributed by atoms with Crippen LogP contribution in [-0.4, -0.2) is 17.6 Å². The SMILES string of the molecule is CCC(C)(C)C1CCC(N)C(CC(=O)OC(C)(C)C)C1. The molecular formula is C17H33NO2. The van der Waals surface area contributed by atoms with Crippen molar-refractivity contribution in [2.75, 3.05) is 0 Å². The molecule has 1 aliphatic rings. The maximum Gasteiger partial charge on any atom is 0.306 e. The Labute approximate surface area is 124 Å². The van der Waals surface area contributed by atoms with Crippen molar-refractivity contribution in [2.45, 2.75) is 85.3 Å². The van der Waals surface area contributed by atoms with Crippen LogP contribution >= 0.6 is 0 Å². The molecule has 118 valence electrons. The van der Waals surface area contributed by atoms with E-state index in [0.717, 1.165) is 12.8 Å². The molecule has 20 heavy (non-hydrogen) atoms. The normalized spacial score (nSPS) is 28.2. The van der Waals surface area contributed by atoms with Gasteiger partial charge in [0.1, 0.15) is 5.60 Å². The molecule has 1 aliphatic carbocycles. The van der Waals surface area contributed by atoms with Gasteiger partial charge >= 0.3 is 5.97 Å². The van der Waals surface area contributed by atoms with Crippen molar-refractivity contribution in [3.8, 4) is 0 Å². The Morgan fingerprint density at radius 1 is 1.20 bits per heavy atom. The highest BCUT2D eigenvalue weighted by molar-refractivity contribution is 5.70. The third-order valence-electron chi connectivity index (χ3n) is 4.91. The first-order valence-corrected chi connectivity index (χ1v) is 8.02. The number of nitrogens with two attached hydrogens (primary N) is 1. The minimum Gasteiger partial charge on any atom is -0.460 e. The summed E-state index contributed by atoms with van der Waals surface area (Å²) in [6, 6.07) is 0.145. The largest absolute Gasteiger partial charge is 0.460 e. The number of esters is 1. The van der Waals surface area contributed by atoms with Gasteiger partial charge in [-0.1, -0.05) is 27.2 Å². The fraction of sp³-hybridized carbons (Fsp3) is 0.941. The third kappa shape index (κ3) is 5.08. The summed E-state index contributed by atoms with van der Waals surface area (Å²) < 4.78 is 5.44. The van der Waals surface area contributed by atoms with E-state index >= 15 is 0 Å². The first-order valence-electron chi connectivity index (χ1n) is 8.02. The Balaban J connectivity index is 2.62. The smallest absolute Gasteiger partial charge is 0.306 e. The molecule has 1 fully saturated rings. The molecule has 2 N–H and O–H groups in total. The predicted molar refractivity (Wildman–Crippen MR) is 83.3 cm³/mol. The number of carbonyl (C=O) groups is 1. The zero-order valence-electron chi connectivity index (χ0n) is 14.2. The van der Waals surface area contributed by atoms with E-state index in [0.29, 0.717) is 17.8 Å². The molecule has 0 aliphatic heterocycles. The molecule has 0 aromatic rings. The van der Waals surface area contributed by atoms with Gasteiger partial charge in [0, 0.05) is 12.5 Å². The summed E-state index contributed by atoms with van der Waals surface area (Å²) in [6.07, 6.45) is 4.91. The number of rotatable bonds is 4.